The lowest BCUT2D eigenvalue weighted by molar-refractivity contribution is 0.471. The molecule has 1 nitrogen and oxygen atoms in total. The van der Waals surface area contributed by atoms with Crippen LogP contribution in [0.15, 0.2) is 12.1 Å². The second-order valence-corrected chi connectivity index (χ2v) is 3.73. The van der Waals surface area contributed by atoms with Crippen LogP contribution in [0.25, 0.3) is 0 Å². The molecule has 0 aromatic heterocycles. The molecule has 0 spiro atoms. The predicted molar refractivity (Wildman–Crippen MR) is 54.9 cm³/mol. The maximum atomic E-state index is 9.27. The van der Waals surface area contributed by atoms with Crippen molar-refractivity contribution in [1.82, 2.24) is 0 Å². The minimum atomic E-state index is 0.157. The van der Waals surface area contributed by atoms with Gasteiger partial charge in [0.1, 0.15) is 5.75 Å². The van der Waals surface area contributed by atoms with Crippen LogP contribution in [0.5, 0.6) is 5.75 Å². The van der Waals surface area contributed by atoms with E-state index >= 15 is 0 Å². The van der Waals surface area contributed by atoms with Crippen LogP contribution in [0, 0.1) is 10.5 Å². The molecular formula is C8H7ClIO. The van der Waals surface area contributed by atoms with Gasteiger partial charge < -0.3 is 5.11 Å². The number of phenolic OH excluding ortho intramolecular Hbond substituents is 1. The molecule has 0 aliphatic carbocycles. The number of aromatic hydroxyl groups is 1. The second kappa shape index (κ2) is 3.63. The largest absolute Gasteiger partial charge is 0.505 e. The summed E-state index contributed by atoms with van der Waals surface area (Å²) in [6.07, 6.45) is 0.690. The summed E-state index contributed by atoms with van der Waals surface area (Å²) in [6.45, 7) is 3.72. The zero-order chi connectivity index (χ0) is 8.43. The highest BCUT2D eigenvalue weighted by molar-refractivity contribution is 14.1. The normalized spacial score (nSPS) is 10.1. The quantitative estimate of drug-likeness (QED) is 0.785. The van der Waals surface area contributed by atoms with Crippen molar-refractivity contribution in [2.45, 2.75) is 6.42 Å². The van der Waals surface area contributed by atoms with E-state index in [1.165, 1.54) is 0 Å². The average molecular weight is 282 g/mol. The van der Waals surface area contributed by atoms with E-state index in [1.54, 1.807) is 6.07 Å². The monoisotopic (exact) mass is 281 g/mol. The Morgan fingerprint density at radius 3 is 2.64 bits per heavy atom. The third kappa shape index (κ3) is 1.99. The number of halogens is 2. The molecule has 0 aliphatic heterocycles. The number of benzene rings is 1. The Morgan fingerprint density at radius 2 is 2.18 bits per heavy atom. The van der Waals surface area contributed by atoms with Gasteiger partial charge in [-0.1, -0.05) is 11.6 Å². The van der Waals surface area contributed by atoms with Crippen LogP contribution in [-0.2, 0) is 6.42 Å². The Morgan fingerprint density at radius 1 is 1.55 bits per heavy atom. The first-order valence-electron chi connectivity index (χ1n) is 3.11. The van der Waals surface area contributed by atoms with Gasteiger partial charge in [0.2, 0.25) is 0 Å². The number of hydrogen-bond acceptors (Lipinski definition) is 1. The first kappa shape index (κ1) is 9.13. The van der Waals surface area contributed by atoms with Gasteiger partial charge in [0.25, 0.3) is 0 Å². The van der Waals surface area contributed by atoms with Crippen LogP contribution in [0.3, 0.4) is 0 Å². The van der Waals surface area contributed by atoms with E-state index in [9.17, 15) is 5.11 Å². The van der Waals surface area contributed by atoms with Gasteiger partial charge in [0, 0.05) is 0 Å². The lowest BCUT2D eigenvalue weighted by Gasteiger charge is -2.02. The summed E-state index contributed by atoms with van der Waals surface area (Å²) in [5.74, 6) is 0.157. The zero-order valence-corrected chi connectivity index (χ0v) is 8.69. The van der Waals surface area contributed by atoms with Crippen molar-refractivity contribution in [2.75, 3.05) is 0 Å². The first-order chi connectivity index (χ1) is 5.15. The fraction of sp³-hybridized carbons (Fsp3) is 0.125. The summed E-state index contributed by atoms with van der Waals surface area (Å²) in [5.41, 5.74) is 1.04. The van der Waals surface area contributed by atoms with Gasteiger partial charge in [-0.25, -0.2) is 0 Å². The molecule has 1 N–H and O–H groups in total. The summed E-state index contributed by atoms with van der Waals surface area (Å²) >= 11 is 7.75. The lowest BCUT2D eigenvalue weighted by Crippen LogP contribution is -1.83. The highest BCUT2D eigenvalue weighted by atomic mass is 127. The number of phenols is 1. The molecular weight excluding hydrogens is 274 g/mol. The Labute approximate surface area is 84.5 Å². The fourth-order valence-corrected chi connectivity index (χ4v) is 1.85. The van der Waals surface area contributed by atoms with Crippen LogP contribution in [0.1, 0.15) is 5.56 Å². The molecule has 1 aromatic carbocycles. The molecule has 0 bridgehead atoms. The third-order valence-electron chi connectivity index (χ3n) is 1.37. The minimum absolute atomic E-state index is 0.157. The highest BCUT2D eigenvalue weighted by Gasteiger charge is 2.04. The highest BCUT2D eigenvalue weighted by Crippen LogP contribution is 2.29. The lowest BCUT2D eigenvalue weighted by atomic mass is 10.2. The molecule has 0 amide bonds. The van der Waals surface area contributed by atoms with Crippen molar-refractivity contribution in [3.05, 3.63) is 33.2 Å². The van der Waals surface area contributed by atoms with E-state index in [4.69, 9.17) is 11.6 Å². The molecule has 1 rings (SSSR count). The smallest absolute Gasteiger partial charge is 0.147 e. The molecule has 0 atom stereocenters. The van der Waals surface area contributed by atoms with Gasteiger partial charge in [-0.3, -0.25) is 0 Å². The maximum absolute atomic E-state index is 9.27. The molecule has 0 heterocycles. The molecule has 0 fully saturated rings. The van der Waals surface area contributed by atoms with Crippen molar-refractivity contribution in [1.29, 1.82) is 0 Å². The van der Waals surface area contributed by atoms with Gasteiger partial charge in [-0.15, -0.1) is 0 Å². The van der Waals surface area contributed by atoms with E-state index in [2.05, 4.69) is 6.92 Å². The molecule has 3 heteroatoms. The molecule has 1 radical (unpaired) electrons. The Balaban J connectivity index is 3.21. The van der Waals surface area contributed by atoms with E-state index in [0.29, 0.717) is 11.4 Å². The third-order valence-corrected chi connectivity index (χ3v) is 2.48. The molecule has 0 saturated heterocycles. The average Bonchev–Trinajstić information content (AvgIpc) is 1.99. The van der Waals surface area contributed by atoms with Crippen LogP contribution in [-0.4, -0.2) is 5.11 Å². The van der Waals surface area contributed by atoms with E-state index in [0.717, 1.165) is 9.13 Å². The van der Waals surface area contributed by atoms with Gasteiger partial charge in [-0.2, -0.15) is 0 Å². The summed E-state index contributed by atoms with van der Waals surface area (Å²) in [7, 11) is 0. The number of rotatable bonds is 1. The van der Waals surface area contributed by atoms with Crippen molar-refractivity contribution in [2.24, 2.45) is 0 Å². The molecule has 1 aromatic rings. The molecule has 0 unspecified atom stereocenters. The van der Waals surface area contributed by atoms with Crippen molar-refractivity contribution in [3.63, 3.8) is 0 Å². The second-order valence-electron chi connectivity index (χ2n) is 2.16. The minimum Gasteiger partial charge on any atom is -0.505 e. The van der Waals surface area contributed by atoms with E-state index in [-0.39, 0.29) is 5.75 Å². The van der Waals surface area contributed by atoms with E-state index < -0.39 is 0 Å². The zero-order valence-electron chi connectivity index (χ0n) is 5.77. The first-order valence-corrected chi connectivity index (χ1v) is 4.57. The van der Waals surface area contributed by atoms with Crippen LogP contribution in [0.4, 0.5) is 0 Å². The Hall–Kier alpha value is 0.0400. The topological polar surface area (TPSA) is 20.2 Å². The molecule has 0 saturated carbocycles. The van der Waals surface area contributed by atoms with Gasteiger partial charge in [0.05, 0.1) is 8.59 Å². The maximum Gasteiger partial charge on any atom is 0.147 e. The van der Waals surface area contributed by atoms with Crippen LogP contribution < -0.4 is 0 Å². The van der Waals surface area contributed by atoms with Crippen molar-refractivity contribution in [3.8, 4) is 5.75 Å². The van der Waals surface area contributed by atoms with Gasteiger partial charge >= 0.3 is 0 Å². The fourth-order valence-electron chi connectivity index (χ4n) is 0.762. The summed E-state index contributed by atoms with van der Waals surface area (Å²) < 4.78 is 0.772. The number of hydrogen-bond donors (Lipinski definition) is 1. The molecule has 11 heavy (non-hydrogen) atoms. The Bertz CT molecular complexity index is 250. The molecule has 59 valence electrons. The van der Waals surface area contributed by atoms with Crippen LogP contribution >= 0.6 is 34.2 Å². The standard InChI is InChI=1S/C8H7ClIO/c1-2-5-3-6(9)8(11)7(10)4-5/h3-4,11H,1-2H2. The SMILES string of the molecule is [CH2]Cc1cc(Cl)c(O)c(I)c1. The van der Waals surface area contributed by atoms with Gasteiger partial charge in [0.15, 0.2) is 0 Å². The summed E-state index contributed by atoms with van der Waals surface area (Å²) in [5, 5.41) is 9.67. The summed E-state index contributed by atoms with van der Waals surface area (Å²) in [4.78, 5) is 0. The van der Waals surface area contributed by atoms with Crippen molar-refractivity contribution >= 4 is 34.2 Å². The van der Waals surface area contributed by atoms with E-state index in [1.807, 2.05) is 28.7 Å². The Kier molecular flexibility index (Phi) is 3.01. The van der Waals surface area contributed by atoms with Crippen molar-refractivity contribution < 1.29 is 5.11 Å². The summed E-state index contributed by atoms with van der Waals surface area (Å²) in [6, 6.07) is 3.60. The van der Waals surface area contributed by atoms with Crippen LogP contribution in [0.2, 0.25) is 5.02 Å². The predicted octanol–water partition coefficient (Wildman–Crippen LogP) is 3.03. The van der Waals surface area contributed by atoms with Gasteiger partial charge in [-0.05, 0) is 53.6 Å². The molecule has 0 aliphatic rings.